The second-order valence-electron chi connectivity index (χ2n) is 8.88. The van der Waals surface area contributed by atoms with Crippen molar-refractivity contribution < 1.29 is 9.32 Å². The van der Waals surface area contributed by atoms with Crippen molar-refractivity contribution in [3.05, 3.63) is 72.9 Å². The number of fused-ring (bicyclic) bond motifs is 1. The third kappa shape index (κ3) is 4.51. The number of benzene rings is 2. The number of nitrogens with one attached hydrogen (secondary N) is 1. The molecule has 8 heteroatoms. The molecule has 7 nitrogen and oxygen atoms in total. The maximum atomic E-state index is 13.0. The first-order chi connectivity index (χ1) is 16.0. The summed E-state index contributed by atoms with van der Waals surface area (Å²) < 4.78 is 14.9. The van der Waals surface area contributed by atoms with Gasteiger partial charge in [-0.3, -0.25) is 8.78 Å². The number of aromatic nitrogens is 4. The van der Waals surface area contributed by atoms with Crippen molar-refractivity contribution in [1.82, 2.24) is 24.6 Å². The fourth-order valence-electron chi connectivity index (χ4n) is 4.84. The number of aryl methyl sites for hydroxylation is 1. The standard InChI is InChI=1S/C25H29N5O2S/c1-19-15-25(31,33(32)22-7-3-2-4-8-22)11-13-29(19)12-5-6-20-16-26-24-10-9-21(14-23(20)24)30-17-27-28-18-30/h2-4,7-10,14,16-19,26,31H,5-6,11-13,15H2,1H3. The van der Waals surface area contributed by atoms with Crippen molar-refractivity contribution in [2.24, 2.45) is 0 Å². The van der Waals surface area contributed by atoms with Crippen molar-refractivity contribution in [3.8, 4) is 5.69 Å². The number of H-pyrrole nitrogens is 1. The first-order valence-corrected chi connectivity index (χ1v) is 12.6. The Kier molecular flexibility index (Phi) is 6.14. The molecule has 2 N–H and O–H groups in total. The molecule has 3 unspecified atom stereocenters. The third-order valence-corrected chi connectivity index (χ3v) is 8.45. The molecule has 0 radical (unpaired) electrons. The highest BCUT2D eigenvalue weighted by Gasteiger charge is 2.41. The van der Waals surface area contributed by atoms with Crippen LogP contribution in [0.2, 0.25) is 0 Å². The van der Waals surface area contributed by atoms with Crippen LogP contribution in [0.4, 0.5) is 0 Å². The van der Waals surface area contributed by atoms with Crippen molar-refractivity contribution in [2.45, 2.75) is 48.5 Å². The van der Waals surface area contributed by atoms with Crippen LogP contribution in [-0.4, -0.2) is 58.0 Å². The molecule has 1 saturated heterocycles. The van der Waals surface area contributed by atoms with Gasteiger partial charge < -0.3 is 15.0 Å². The van der Waals surface area contributed by atoms with Crippen LogP contribution in [0.5, 0.6) is 0 Å². The van der Waals surface area contributed by atoms with E-state index in [2.05, 4.69) is 51.4 Å². The lowest BCUT2D eigenvalue weighted by Gasteiger charge is -2.42. The number of hydrogen-bond acceptors (Lipinski definition) is 5. The minimum Gasteiger partial charge on any atom is -0.376 e. The molecule has 5 rings (SSSR count). The van der Waals surface area contributed by atoms with E-state index < -0.39 is 15.7 Å². The average molecular weight is 464 g/mol. The molecule has 0 aliphatic carbocycles. The van der Waals surface area contributed by atoms with E-state index in [-0.39, 0.29) is 6.04 Å². The van der Waals surface area contributed by atoms with Crippen LogP contribution in [0.25, 0.3) is 16.6 Å². The van der Waals surface area contributed by atoms with Gasteiger partial charge in [0.1, 0.15) is 17.6 Å². The zero-order valence-corrected chi connectivity index (χ0v) is 19.5. The quantitative estimate of drug-likeness (QED) is 0.437. The molecule has 1 aliphatic heterocycles. The Labute approximate surface area is 195 Å². The molecule has 0 bridgehead atoms. The molecule has 1 fully saturated rings. The molecule has 2 aromatic carbocycles. The number of nitrogens with zero attached hydrogens (tertiary/aromatic N) is 4. The van der Waals surface area contributed by atoms with Gasteiger partial charge in [-0.05, 0) is 62.2 Å². The monoisotopic (exact) mass is 463 g/mol. The lowest BCUT2D eigenvalue weighted by molar-refractivity contribution is 0.0200. The zero-order chi connectivity index (χ0) is 22.8. The summed E-state index contributed by atoms with van der Waals surface area (Å²) in [7, 11) is -1.42. The predicted molar refractivity (Wildman–Crippen MR) is 130 cm³/mol. The molecular weight excluding hydrogens is 434 g/mol. The van der Waals surface area contributed by atoms with Crippen LogP contribution >= 0.6 is 0 Å². The molecule has 3 atom stereocenters. The molecule has 1 aliphatic rings. The van der Waals surface area contributed by atoms with E-state index in [9.17, 15) is 9.32 Å². The van der Waals surface area contributed by atoms with Gasteiger partial charge >= 0.3 is 0 Å². The van der Waals surface area contributed by atoms with Gasteiger partial charge in [0, 0.05) is 53.1 Å². The number of aliphatic hydroxyl groups is 1. The van der Waals surface area contributed by atoms with Gasteiger partial charge in [-0.15, -0.1) is 10.2 Å². The topological polar surface area (TPSA) is 87.0 Å². The van der Waals surface area contributed by atoms with Gasteiger partial charge in [0.15, 0.2) is 0 Å². The van der Waals surface area contributed by atoms with E-state index in [1.54, 1.807) is 12.7 Å². The smallest absolute Gasteiger partial charge is 0.146 e. The van der Waals surface area contributed by atoms with Gasteiger partial charge in [-0.1, -0.05) is 18.2 Å². The summed E-state index contributed by atoms with van der Waals surface area (Å²) in [5, 5.41) is 20.2. The number of piperidine rings is 1. The largest absolute Gasteiger partial charge is 0.376 e. The Bertz CT molecular complexity index is 1240. The number of hydrogen-bond donors (Lipinski definition) is 2. The molecule has 0 amide bonds. The number of likely N-dealkylation sites (tertiary alicyclic amines) is 1. The zero-order valence-electron chi connectivity index (χ0n) is 18.7. The summed E-state index contributed by atoms with van der Waals surface area (Å²) in [6.45, 7) is 3.83. The highest BCUT2D eigenvalue weighted by atomic mass is 32.2. The van der Waals surface area contributed by atoms with Gasteiger partial charge in [0.05, 0.1) is 10.8 Å². The summed E-state index contributed by atoms with van der Waals surface area (Å²) in [5.74, 6) is 0. The van der Waals surface area contributed by atoms with E-state index in [0.29, 0.717) is 17.7 Å². The molecule has 3 heterocycles. The number of rotatable bonds is 7. The maximum Gasteiger partial charge on any atom is 0.146 e. The Morgan fingerprint density at radius 1 is 1.18 bits per heavy atom. The molecular formula is C25H29N5O2S. The first kappa shape index (κ1) is 22.0. The number of aromatic amines is 1. The third-order valence-electron chi connectivity index (χ3n) is 6.69. The van der Waals surface area contributed by atoms with E-state index in [4.69, 9.17) is 0 Å². The van der Waals surface area contributed by atoms with E-state index in [0.717, 1.165) is 37.1 Å². The van der Waals surface area contributed by atoms with Crippen molar-refractivity contribution in [3.63, 3.8) is 0 Å². The van der Waals surface area contributed by atoms with Crippen molar-refractivity contribution >= 4 is 21.7 Å². The van der Waals surface area contributed by atoms with Crippen LogP contribution in [0, 0.1) is 0 Å². The lowest BCUT2D eigenvalue weighted by Crippen LogP contribution is -2.51. The Balaban J connectivity index is 1.20. The summed E-state index contributed by atoms with van der Waals surface area (Å²) >= 11 is 0. The van der Waals surface area contributed by atoms with Gasteiger partial charge in [-0.2, -0.15) is 0 Å². The van der Waals surface area contributed by atoms with Gasteiger partial charge in [-0.25, -0.2) is 0 Å². The summed E-state index contributed by atoms with van der Waals surface area (Å²) in [5.41, 5.74) is 3.47. The van der Waals surface area contributed by atoms with Crippen LogP contribution < -0.4 is 0 Å². The Hall–Kier alpha value is -2.81. The SMILES string of the molecule is CC1CC(O)(S(=O)c2ccccc2)CCN1CCCc1c[nH]c2ccc(-n3cnnc3)cc12. The van der Waals surface area contributed by atoms with Crippen LogP contribution in [0.3, 0.4) is 0 Å². The molecule has 2 aromatic heterocycles. The van der Waals surface area contributed by atoms with E-state index in [1.807, 2.05) is 34.9 Å². The van der Waals surface area contributed by atoms with E-state index >= 15 is 0 Å². The highest BCUT2D eigenvalue weighted by Crippen LogP contribution is 2.33. The summed E-state index contributed by atoms with van der Waals surface area (Å²) in [6, 6.07) is 15.8. The van der Waals surface area contributed by atoms with Crippen molar-refractivity contribution in [1.29, 1.82) is 0 Å². The van der Waals surface area contributed by atoms with Crippen LogP contribution in [-0.2, 0) is 17.2 Å². The molecule has 33 heavy (non-hydrogen) atoms. The fraction of sp³-hybridized carbons (Fsp3) is 0.360. The van der Waals surface area contributed by atoms with Crippen LogP contribution in [0.1, 0.15) is 31.7 Å². The second-order valence-corrected chi connectivity index (χ2v) is 10.7. The van der Waals surface area contributed by atoms with E-state index in [1.165, 1.54) is 10.9 Å². The Morgan fingerprint density at radius 3 is 2.73 bits per heavy atom. The second kappa shape index (κ2) is 9.21. The molecule has 172 valence electrons. The minimum atomic E-state index is -1.42. The highest BCUT2D eigenvalue weighted by molar-refractivity contribution is 7.86. The minimum absolute atomic E-state index is 0.180. The fourth-order valence-corrected chi connectivity index (χ4v) is 6.35. The average Bonchev–Trinajstić information content (AvgIpc) is 3.51. The molecule has 4 aromatic rings. The molecule has 0 saturated carbocycles. The normalized spacial score (nSPS) is 22.5. The van der Waals surface area contributed by atoms with Gasteiger partial charge in [0.25, 0.3) is 0 Å². The van der Waals surface area contributed by atoms with Crippen molar-refractivity contribution in [2.75, 3.05) is 13.1 Å². The predicted octanol–water partition coefficient (Wildman–Crippen LogP) is 3.66. The summed E-state index contributed by atoms with van der Waals surface area (Å²) in [6.07, 6.45) is 8.54. The Morgan fingerprint density at radius 2 is 1.97 bits per heavy atom. The first-order valence-electron chi connectivity index (χ1n) is 11.4. The lowest BCUT2D eigenvalue weighted by atomic mass is 9.99. The van der Waals surface area contributed by atoms with Gasteiger partial charge in [0.2, 0.25) is 0 Å². The molecule has 0 spiro atoms. The summed E-state index contributed by atoms with van der Waals surface area (Å²) in [4.78, 5) is 5.33. The van der Waals surface area contributed by atoms with Crippen LogP contribution in [0.15, 0.2) is 72.3 Å². The maximum absolute atomic E-state index is 13.0.